The van der Waals surface area contributed by atoms with Crippen molar-refractivity contribution in [2.24, 2.45) is 11.1 Å². The van der Waals surface area contributed by atoms with Crippen molar-refractivity contribution in [3.05, 3.63) is 29.8 Å². The van der Waals surface area contributed by atoms with Crippen molar-refractivity contribution in [1.29, 1.82) is 0 Å². The van der Waals surface area contributed by atoms with Gasteiger partial charge in [0.15, 0.2) is 0 Å². The number of hydrogen-bond donors (Lipinski definition) is 2. The summed E-state index contributed by atoms with van der Waals surface area (Å²) in [7, 11) is 0. The summed E-state index contributed by atoms with van der Waals surface area (Å²) in [5, 5.41) is 9.28. The molecule has 1 atom stereocenters. The maximum atomic E-state index is 12.5. The van der Waals surface area contributed by atoms with Crippen molar-refractivity contribution in [2.75, 3.05) is 13.1 Å². The van der Waals surface area contributed by atoms with E-state index in [1.807, 2.05) is 17.0 Å². The van der Waals surface area contributed by atoms with Gasteiger partial charge >= 0.3 is 0 Å². The van der Waals surface area contributed by atoms with E-state index in [0.29, 0.717) is 11.8 Å². The van der Waals surface area contributed by atoms with Crippen LogP contribution in [0.2, 0.25) is 0 Å². The summed E-state index contributed by atoms with van der Waals surface area (Å²) in [4.78, 5) is 14.4. The van der Waals surface area contributed by atoms with Crippen LogP contribution in [-0.2, 0) is 11.2 Å². The molecule has 0 aliphatic carbocycles. The Balaban J connectivity index is 1.94. The van der Waals surface area contributed by atoms with Gasteiger partial charge in [-0.15, -0.1) is 0 Å². The standard InChI is InChI=1S/C17H26N2O2/c1-17(2)8-3-10-19(11-9-17)16(21)15(18)12-13-4-6-14(20)7-5-13/h4-7,15,20H,3,8-12,18H2,1-2H3. The van der Waals surface area contributed by atoms with E-state index in [-0.39, 0.29) is 11.7 Å². The fourth-order valence-corrected chi connectivity index (χ4v) is 2.85. The second-order valence-corrected chi connectivity index (χ2v) is 6.82. The molecule has 1 fully saturated rings. The molecule has 1 aliphatic heterocycles. The van der Waals surface area contributed by atoms with Crippen molar-refractivity contribution >= 4 is 5.91 Å². The second-order valence-electron chi connectivity index (χ2n) is 6.82. The smallest absolute Gasteiger partial charge is 0.239 e. The number of carbonyl (C=O) groups is 1. The summed E-state index contributed by atoms with van der Waals surface area (Å²) >= 11 is 0. The fraction of sp³-hybridized carbons (Fsp3) is 0.588. The van der Waals surface area contributed by atoms with Gasteiger partial charge in [0.25, 0.3) is 0 Å². The maximum absolute atomic E-state index is 12.5. The van der Waals surface area contributed by atoms with Crippen LogP contribution in [0.5, 0.6) is 5.75 Å². The van der Waals surface area contributed by atoms with Gasteiger partial charge in [0.1, 0.15) is 5.75 Å². The third kappa shape index (κ3) is 4.46. The number of hydrogen-bond acceptors (Lipinski definition) is 3. The van der Waals surface area contributed by atoms with E-state index in [4.69, 9.17) is 5.73 Å². The van der Waals surface area contributed by atoms with Crippen molar-refractivity contribution in [3.63, 3.8) is 0 Å². The molecular formula is C17H26N2O2. The van der Waals surface area contributed by atoms with E-state index in [2.05, 4.69) is 13.8 Å². The number of carbonyl (C=O) groups excluding carboxylic acids is 1. The second kappa shape index (κ2) is 6.48. The average molecular weight is 290 g/mol. The highest BCUT2D eigenvalue weighted by atomic mass is 16.3. The molecule has 0 bridgehead atoms. The Bertz CT molecular complexity index is 482. The molecule has 1 amide bonds. The van der Waals surface area contributed by atoms with Gasteiger partial charge in [-0.3, -0.25) is 4.79 Å². The molecule has 0 saturated carbocycles. The van der Waals surface area contributed by atoms with E-state index in [9.17, 15) is 9.90 Å². The fourth-order valence-electron chi connectivity index (χ4n) is 2.85. The van der Waals surface area contributed by atoms with Gasteiger partial charge in [-0.05, 0) is 48.8 Å². The summed E-state index contributed by atoms with van der Waals surface area (Å²) in [5.74, 6) is 0.272. The molecule has 1 unspecified atom stereocenters. The Morgan fingerprint density at radius 1 is 1.29 bits per heavy atom. The maximum Gasteiger partial charge on any atom is 0.239 e. The number of phenolic OH excluding ortho intramolecular Hbond substituents is 1. The van der Waals surface area contributed by atoms with Gasteiger partial charge in [-0.25, -0.2) is 0 Å². The Morgan fingerprint density at radius 3 is 2.62 bits per heavy atom. The number of benzene rings is 1. The molecule has 3 N–H and O–H groups in total. The number of nitrogens with two attached hydrogens (primary N) is 1. The van der Waals surface area contributed by atoms with Crippen LogP contribution in [0.3, 0.4) is 0 Å². The normalized spacial score (nSPS) is 19.9. The SMILES string of the molecule is CC1(C)CCCN(C(=O)C(N)Cc2ccc(O)cc2)CC1. The lowest BCUT2D eigenvalue weighted by atomic mass is 9.85. The van der Waals surface area contributed by atoms with Gasteiger partial charge < -0.3 is 15.7 Å². The first-order chi connectivity index (χ1) is 9.87. The predicted molar refractivity (Wildman–Crippen MR) is 84.0 cm³/mol. The minimum absolute atomic E-state index is 0.0424. The first-order valence-electron chi connectivity index (χ1n) is 7.70. The molecule has 2 rings (SSSR count). The van der Waals surface area contributed by atoms with Gasteiger partial charge in [-0.2, -0.15) is 0 Å². The summed E-state index contributed by atoms with van der Waals surface area (Å²) in [6, 6.07) is 6.38. The van der Waals surface area contributed by atoms with Gasteiger partial charge in [0.2, 0.25) is 5.91 Å². The highest BCUT2D eigenvalue weighted by molar-refractivity contribution is 5.82. The van der Waals surface area contributed by atoms with E-state index < -0.39 is 6.04 Å². The Hall–Kier alpha value is -1.55. The lowest BCUT2D eigenvalue weighted by molar-refractivity contribution is -0.132. The van der Waals surface area contributed by atoms with Gasteiger partial charge in [0.05, 0.1) is 6.04 Å². The largest absolute Gasteiger partial charge is 0.508 e. The highest BCUT2D eigenvalue weighted by Crippen LogP contribution is 2.29. The topological polar surface area (TPSA) is 66.6 Å². The molecule has 4 heteroatoms. The lowest BCUT2D eigenvalue weighted by Gasteiger charge is -2.25. The van der Waals surface area contributed by atoms with Crippen molar-refractivity contribution in [1.82, 2.24) is 4.90 Å². The average Bonchev–Trinajstić information content (AvgIpc) is 2.61. The van der Waals surface area contributed by atoms with Crippen LogP contribution in [0.4, 0.5) is 0 Å². The number of aromatic hydroxyl groups is 1. The number of phenols is 1. The molecule has 0 radical (unpaired) electrons. The number of rotatable bonds is 3. The van der Waals surface area contributed by atoms with Gasteiger partial charge in [0, 0.05) is 13.1 Å². The van der Waals surface area contributed by atoms with E-state index in [1.165, 1.54) is 0 Å². The minimum atomic E-state index is -0.504. The number of likely N-dealkylation sites (tertiary alicyclic amines) is 1. The zero-order valence-corrected chi connectivity index (χ0v) is 13.0. The quantitative estimate of drug-likeness (QED) is 0.897. The van der Waals surface area contributed by atoms with E-state index >= 15 is 0 Å². The molecule has 1 aromatic rings. The molecule has 0 aromatic heterocycles. The highest BCUT2D eigenvalue weighted by Gasteiger charge is 2.27. The third-order valence-electron chi connectivity index (χ3n) is 4.36. The zero-order chi connectivity index (χ0) is 15.5. The first kappa shape index (κ1) is 15.8. The third-order valence-corrected chi connectivity index (χ3v) is 4.36. The summed E-state index contributed by atoms with van der Waals surface area (Å²) in [6.45, 7) is 6.13. The van der Waals surface area contributed by atoms with E-state index in [0.717, 1.165) is 37.9 Å². The van der Waals surface area contributed by atoms with Crippen LogP contribution in [-0.4, -0.2) is 35.0 Å². The molecule has 1 heterocycles. The first-order valence-corrected chi connectivity index (χ1v) is 7.70. The summed E-state index contributed by atoms with van der Waals surface area (Å²) < 4.78 is 0. The zero-order valence-electron chi connectivity index (χ0n) is 13.0. The van der Waals surface area contributed by atoms with Crippen molar-refractivity contribution < 1.29 is 9.90 Å². The van der Waals surface area contributed by atoms with Crippen LogP contribution < -0.4 is 5.73 Å². The van der Waals surface area contributed by atoms with Crippen molar-refractivity contribution in [2.45, 2.75) is 45.6 Å². The number of amides is 1. The molecule has 1 saturated heterocycles. The van der Waals surface area contributed by atoms with Crippen LogP contribution in [0.15, 0.2) is 24.3 Å². The Labute approximate surface area is 126 Å². The molecule has 1 aliphatic rings. The van der Waals surface area contributed by atoms with E-state index in [1.54, 1.807) is 12.1 Å². The molecular weight excluding hydrogens is 264 g/mol. The van der Waals surface area contributed by atoms with Crippen molar-refractivity contribution in [3.8, 4) is 5.75 Å². The molecule has 116 valence electrons. The summed E-state index contributed by atoms with van der Waals surface area (Å²) in [5.41, 5.74) is 7.37. The van der Waals surface area contributed by atoms with Crippen LogP contribution in [0, 0.1) is 5.41 Å². The summed E-state index contributed by atoms with van der Waals surface area (Å²) in [6.07, 6.45) is 3.75. The monoisotopic (exact) mass is 290 g/mol. The van der Waals surface area contributed by atoms with Crippen LogP contribution in [0.25, 0.3) is 0 Å². The minimum Gasteiger partial charge on any atom is -0.508 e. The van der Waals surface area contributed by atoms with Gasteiger partial charge in [-0.1, -0.05) is 26.0 Å². The Kier molecular flexibility index (Phi) is 4.88. The van der Waals surface area contributed by atoms with Crippen LogP contribution in [0.1, 0.15) is 38.7 Å². The molecule has 21 heavy (non-hydrogen) atoms. The van der Waals surface area contributed by atoms with Crippen LogP contribution >= 0.6 is 0 Å². The molecule has 4 nitrogen and oxygen atoms in total. The number of nitrogens with zero attached hydrogens (tertiary/aromatic N) is 1. The molecule has 0 spiro atoms. The Morgan fingerprint density at radius 2 is 1.95 bits per heavy atom. The molecule has 1 aromatic carbocycles. The predicted octanol–water partition coefficient (Wildman–Crippen LogP) is 2.30. The lowest BCUT2D eigenvalue weighted by Crippen LogP contribution is -2.45.